The monoisotopic (exact) mass is 495 g/mol. The number of hydroxylamine groups is 3. The maximum atomic E-state index is 12.9. The van der Waals surface area contributed by atoms with Gasteiger partial charge in [-0.05, 0) is 54.3 Å². The van der Waals surface area contributed by atoms with E-state index in [9.17, 15) is 10.3 Å². The molecule has 3 unspecified atom stereocenters. The van der Waals surface area contributed by atoms with E-state index in [2.05, 4.69) is 10.2 Å². The number of rotatable bonds is 5. The van der Waals surface area contributed by atoms with E-state index in [1.807, 2.05) is 30.3 Å². The van der Waals surface area contributed by atoms with Gasteiger partial charge >= 0.3 is 0 Å². The van der Waals surface area contributed by atoms with Gasteiger partial charge < -0.3 is 20.4 Å². The fourth-order valence-corrected chi connectivity index (χ4v) is 5.67. The van der Waals surface area contributed by atoms with Crippen LogP contribution in [0.15, 0.2) is 48.8 Å². The lowest BCUT2D eigenvalue weighted by Crippen LogP contribution is -2.43. The zero-order valence-electron chi connectivity index (χ0n) is 17.3. The Hall–Kier alpha value is -1.51. The highest BCUT2D eigenvalue weighted by Gasteiger charge is 2.41. The maximum absolute atomic E-state index is 12.9. The fraction of sp³-hybridized carbons (Fsp3) is 0.391. The molecule has 0 spiro atoms. The van der Waals surface area contributed by atoms with E-state index >= 15 is 0 Å². The summed E-state index contributed by atoms with van der Waals surface area (Å²) in [5, 5.41) is 27.0. The molecular formula is C23H24Cl3N3O3. The highest BCUT2D eigenvalue weighted by molar-refractivity contribution is 6.35. The number of likely N-dealkylation sites (tertiary alicyclic amines) is 1. The van der Waals surface area contributed by atoms with Gasteiger partial charge in [0.25, 0.3) is 0 Å². The van der Waals surface area contributed by atoms with Crippen LogP contribution in [-0.2, 0) is 13.0 Å². The van der Waals surface area contributed by atoms with Crippen molar-refractivity contribution >= 4 is 34.8 Å². The third kappa shape index (κ3) is 4.21. The summed E-state index contributed by atoms with van der Waals surface area (Å²) in [6.07, 6.45) is 3.96. The van der Waals surface area contributed by atoms with Gasteiger partial charge in [-0.2, -0.15) is 0 Å². The molecule has 32 heavy (non-hydrogen) atoms. The minimum absolute atomic E-state index is 0.0394. The molecule has 2 heterocycles. The van der Waals surface area contributed by atoms with Crippen LogP contribution in [0.5, 0.6) is 5.75 Å². The number of β-amino-alcohol motifs (C(OH)–C–C–N with tert-alkyl or cyclic N) is 1. The number of ether oxygens (including phenoxy) is 1. The van der Waals surface area contributed by atoms with Crippen molar-refractivity contribution in [3.05, 3.63) is 80.7 Å². The molecule has 9 heteroatoms. The average molecular weight is 497 g/mol. The van der Waals surface area contributed by atoms with E-state index in [0.717, 1.165) is 36.1 Å². The number of aliphatic hydroxyl groups excluding tert-OH is 1. The number of hydrogen-bond donors (Lipinski definition) is 2. The van der Waals surface area contributed by atoms with Crippen LogP contribution in [0, 0.1) is 5.21 Å². The van der Waals surface area contributed by atoms with Gasteiger partial charge in [-0.3, -0.25) is 9.55 Å². The average Bonchev–Trinajstić information content (AvgIpc) is 3.41. The second-order valence-corrected chi connectivity index (χ2v) is 9.94. The van der Waals surface area contributed by atoms with Gasteiger partial charge in [0.05, 0.1) is 18.3 Å². The van der Waals surface area contributed by atoms with Crippen LogP contribution in [-0.4, -0.2) is 45.5 Å². The Morgan fingerprint density at radius 1 is 1.25 bits per heavy atom. The summed E-state index contributed by atoms with van der Waals surface area (Å²) in [6, 6.07) is 11.3. The first kappa shape index (κ1) is 22.3. The van der Waals surface area contributed by atoms with E-state index in [1.165, 1.54) is 6.20 Å². The molecule has 2 aromatic rings. The molecule has 1 fully saturated rings. The van der Waals surface area contributed by atoms with Crippen LogP contribution in [0.25, 0.3) is 0 Å². The van der Waals surface area contributed by atoms with Crippen LogP contribution in [0.3, 0.4) is 0 Å². The zero-order valence-corrected chi connectivity index (χ0v) is 19.5. The van der Waals surface area contributed by atoms with Crippen molar-refractivity contribution in [3.63, 3.8) is 0 Å². The molecule has 6 nitrogen and oxygen atoms in total. The summed E-state index contributed by atoms with van der Waals surface area (Å²) in [6.45, 7) is 1.60. The van der Waals surface area contributed by atoms with Crippen molar-refractivity contribution in [2.24, 2.45) is 0 Å². The van der Waals surface area contributed by atoms with E-state index in [-0.39, 0.29) is 24.8 Å². The number of halogens is 3. The third-order valence-corrected chi connectivity index (χ3v) is 7.48. The molecular weight excluding hydrogens is 473 g/mol. The summed E-state index contributed by atoms with van der Waals surface area (Å²) in [4.78, 5) is 2.26. The molecule has 1 aliphatic carbocycles. The van der Waals surface area contributed by atoms with Gasteiger partial charge in [-0.15, -0.1) is 0 Å². The molecule has 5 rings (SSSR count). The zero-order chi connectivity index (χ0) is 22.5. The van der Waals surface area contributed by atoms with Gasteiger partial charge in [0.1, 0.15) is 24.6 Å². The smallest absolute Gasteiger partial charge is 0.245 e. The Balaban J connectivity index is 1.43. The predicted octanol–water partition coefficient (Wildman–Crippen LogP) is 4.52. The first-order chi connectivity index (χ1) is 15.3. The first-order valence-corrected chi connectivity index (χ1v) is 11.8. The number of benzene rings is 2. The highest BCUT2D eigenvalue weighted by Crippen LogP contribution is 2.43. The van der Waals surface area contributed by atoms with Gasteiger partial charge in [-0.25, -0.2) is 0 Å². The van der Waals surface area contributed by atoms with E-state index < -0.39 is 10.3 Å². The minimum atomic E-state index is -0.753. The van der Waals surface area contributed by atoms with Crippen molar-refractivity contribution < 1.29 is 14.5 Å². The summed E-state index contributed by atoms with van der Waals surface area (Å²) >= 11 is 19.0. The number of quaternary nitrogens is 1. The number of fused-ring (bicyclic) bond motifs is 1. The number of nitrogens with one attached hydrogen (secondary N) is 1. The first-order valence-electron chi connectivity index (χ1n) is 10.6. The topological polar surface area (TPSA) is 67.8 Å². The number of alkyl halides is 1. The van der Waals surface area contributed by atoms with Gasteiger partial charge in [-0.1, -0.05) is 35.3 Å². The normalized spacial score (nSPS) is 31.7. The molecule has 2 N–H and O–H groups in total. The van der Waals surface area contributed by atoms with Crippen molar-refractivity contribution in [1.29, 1.82) is 0 Å². The fourth-order valence-electron chi connectivity index (χ4n) is 4.88. The number of hydrogen-bond acceptors (Lipinski definition) is 5. The largest absolute Gasteiger partial charge is 0.625 e. The summed E-state index contributed by atoms with van der Waals surface area (Å²) < 4.78 is 5.84. The van der Waals surface area contributed by atoms with Crippen molar-refractivity contribution in [1.82, 2.24) is 10.2 Å². The Labute approximate surface area is 202 Å². The standard InChI is InChI=1S/C23H24Cl3N3O3/c24-15-9-19-18(20(25)10-15)11-21(28-6-4-16(30)12-28)22(19)32-17-3-1-2-14(8-17)13-29(31)7-5-27-23(29)26/h1-3,5,7-10,16,21-23,27,30H,4,6,11-13H2/t16?,21-,22-,23?,29?/m0/s1. The highest BCUT2D eigenvalue weighted by atomic mass is 35.5. The Kier molecular flexibility index (Phi) is 6.05. The SMILES string of the molecule is [O-][N+]1(Cc2cccc(O[C@H]3c4cc(Cl)cc(Cl)c4C[C@@H]3N3CCC(O)C3)c2)C=CNC1Cl. The Morgan fingerprint density at radius 2 is 2.09 bits per heavy atom. The van der Waals surface area contributed by atoms with Crippen LogP contribution < -0.4 is 10.1 Å². The molecule has 5 atom stereocenters. The summed E-state index contributed by atoms with van der Waals surface area (Å²) in [7, 11) is 0. The quantitative estimate of drug-likeness (QED) is 0.276. The van der Waals surface area contributed by atoms with E-state index in [1.54, 1.807) is 12.3 Å². The Bertz CT molecular complexity index is 1050. The molecule has 170 valence electrons. The van der Waals surface area contributed by atoms with Gasteiger partial charge in [0.2, 0.25) is 5.62 Å². The van der Waals surface area contributed by atoms with Crippen molar-refractivity contribution in [2.75, 3.05) is 13.1 Å². The lowest BCUT2D eigenvalue weighted by Gasteiger charge is -2.38. The van der Waals surface area contributed by atoms with Gasteiger partial charge in [0, 0.05) is 34.3 Å². The minimum Gasteiger partial charge on any atom is -0.625 e. The van der Waals surface area contributed by atoms with Gasteiger partial charge in [0.15, 0.2) is 0 Å². The lowest BCUT2D eigenvalue weighted by molar-refractivity contribution is -0.851. The molecule has 0 radical (unpaired) electrons. The molecule has 1 saturated heterocycles. The number of nitrogens with zero attached hydrogens (tertiary/aromatic N) is 2. The van der Waals surface area contributed by atoms with Crippen LogP contribution in [0.1, 0.15) is 29.2 Å². The third-order valence-electron chi connectivity index (χ3n) is 6.46. The van der Waals surface area contributed by atoms with Crippen molar-refractivity contribution in [2.45, 2.75) is 43.3 Å². The molecule has 0 saturated carbocycles. The van der Waals surface area contributed by atoms with E-state index in [4.69, 9.17) is 39.5 Å². The van der Waals surface area contributed by atoms with Crippen LogP contribution >= 0.6 is 34.8 Å². The second-order valence-electron chi connectivity index (χ2n) is 8.68. The Morgan fingerprint density at radius 3 is 2.81 bits per heavy atom. The van der Waals surface area contributed by atoms with Crippen LogP contribution in [0.2, 0.25) is 10.0 Å². The maximum Gasteiger partial charge on any atom is 0.245 e. The molecule has 2 aromatic carbocycles. The summed E-state index contributed by atoms with van der Waals surface area (Å²) in [5.41, 5.74) is 2.08. The molecule has 3 aliphatic rings. The second kappa shape index (κ2) is 8.69. The number of aliphatic hydroxyl groups is 1. The molecule has 0 bridgehead atoms. The molecule has 0 amide bonds. The lowest BCUT2D eigenvalue weighted by atomic mass is 10.1. The van der Waals surface area contributed by atoms with Crippen molar-refractivity contribution in [3.8, 4) is 5.75 Å². The summed E-state index contributed by atoms with van der Waals surface area (Å²) in [5.74, 6) is 0.662. The molecule has 0 aromatic heterocycles. The van der Waals surface area contributed by atoms with Crippen LogP contribution in [0.4, 0.5) is 0 Å². The van der Waals surface area contributed by atoms with E-state index in [0.29, 0.717) is 22.3 Å². The molecule has 2 aliphatic heterocycles. The predicted molar refractivity (Wildman–Crippen MR) is 125 cm³/mol.